The lowest BCUT2D eigenvalue weighted by atomic mass is 9.85. The molecule has 4 heterocycles. The van der Waals surface area contributed by atoms with Crippen LogP contribution in [0.2, 0.25) is 0 Å². The molecule has 2 saturated heterocycles. The standard InChI is InChI=1S/C30H23F7N6O3/c31-23-15-20(3-6-22(23)29(32,33)34)43-25(18-7-11-38-12-8-18)16-24(40-43)26(44)41-13-9-28(10-14-41)27(45)39-17-42(28)19-1-4-21(5-2-19)46-30(35,36)37/h1-8,11-12,15-16H,9-10,13-14,17H2,(H,39,45). The summed E-state index contributed by atoms with van der Waals surface area (Å²) in [5, 5.41) is 7.11. The van der Waals surface area contributed by atoms with Crippen molar-refractivity contribution in [2.45, 2.75) is 30.9 Å². The highest BCUT2D eigenvalue weighted by Crippen LogP contribution is 2.38. The van der Waals surface area contributed by atoms with E-state index in [-0.39, 0.29) is 49.9 Å². The predicted octanol–water partition coefficient (Wildman–Crippen LogP) is 5.56. The Kier molecular flexibility index (Phi) is 7.60. The van der Waals surface area contributed by atoms with Crippen LogP contribution in [0.25, 0.3) is 16.9 Å². The highest BCUT2D eigenvalue weighted by Gasteiger charge is 2.51. The van der Waals surface area contributed by atoms with Crippen LogP contribution < -0.4 is 15.0 Å². The molecule has 0 saturated carbocycles. The van der Waals surface area contributed by atoms with Crippen LogP contribution in [0, 0.1) is 5.82 Å². The molecule has 2 aromatic heterocycles. The van der Waals surface area contributed by atoms with E-state index in [1.807, 2.05) is 0 Å². The molecule has 240 valence electrons. The Labute approximate surface area is 256 Å². The van der Waals surface area contributed by atoms with Gasteiger partial charge in [0.15, 0.2) is 5.69 Å². The number of piperidine rings is 1. The minimum Gasteiger partial charge on any atom is -0.406 e. The Morgan fingerprint density at radius 3 is 2.15 bits per heavy atom. The summed E-state index contributed by atoms with van der Waals surface area (Å²) in [6.45, 7) is 0.338. The Balaban J connectivity index is 1.24. The van der Waals surface area contributed by atoms with Crippen molar-refractivity contribution < 1.29 is 45.1 Å². The Morgan fingerprint density at radius 1 is 0.891 bits per heavy atom. The highest BCUT2D eigenvalue weighted by atomic mass is 19.4. The van der Waals surface area contributed by atoms with E-state index in [2.05, 4.69) is 20.1 Å². The third-order valence-electron chi connectivity index (χ3n) is 8.00. The molecule has 0 aliphatic carbocycles. The number of anilines is 1. The Morgan fingerprint density at radius 2 is 1.54 bits per heavy atom. The number of alkyl halides is 6. The maximum atomic E-state index is 14.5. The van der Waals surface area contributed by atoms with Crippen molar-refractivity contribution in [2.75, 3.05) is 24.7 Å². The first-order chi connectivity index (χ1) is 21.7. The molecule has 1 N–H and O–H groups in total. The van der Waals surface area contributed by atoms with Crippen molar-refractivity contribution in [2.24, 2.45) is 0 Å². The second-order valence-corrected chi connectivity index (χ2v) is 10.7. The van der Waals surface area contributed by atoms with Crippen LogP contribution in [0.3, 0.4) is 0 Å². The summed E-state index contributed by atoms with van der Waals surface area (Å²) in [5.41, 5.74) is -1.31. The van der Waals surface area contributed by atoms with Gasteiger partial charge in [-0.3, -0.25) is 14.6 Å². The average Bonchev–Trinajstić information content (AvgIpc) is 3.59. The molecule has 0 bridgehead atoms. The van der Waals surface area contributed by atoms with Crippen LogP contribution in [-0.4, -0.2) is 63.1 Å². The molecule has 2 aliphatic heterocycles. The molecule has 0 radical (unpaired) electrons. The fourth-order valence-electron chi connectivity index (χ4n) is 5.77. The number of aromatic nitrogens is 3. The van der Waals surface area contributed by atoms with Gasteiger partial charge in [0.05, 0.1) is 23.6 Å². The lowest BCUT2D eigenvalue weighted by Gasteiger charge is -2.43. The number of rotatable bonds is 5. The van der Waals surface area contributed by atoms with Gasteiger partial charge >= 0.3 is 12.5 Å². The molecule has 16 heteroatoms. The number of benzene rings is 2. The lowest BCUT2D eigenvalue weighted by Crippen LogP contribution is -2.57. The molecule has 1 spiro atoms. The number of pyridine rings is 1. The molecule has 0 atom stereocenters. The van der Waals surface area contributed by atoms with E-state index in [9.17, 15) is 40.3 Å². The van der Waals surface area contributed by atoms with E-state index in [0.717, 1.165) is 18.2 Å². The quantitative estimate of drug-likeness (QED) is 0.285. The van der Waals surface area contributed by atoms with Crippen molar-refractivity contribution in [3.63, 3.8) is 0 Å². The third-order valence-corrected chi connectivity index (χ3v) is 8.00. The van der Waals surface area contributed by atoms with Gasteiger partial charge in [-0.15, -0.1) is 13.2 Å². The second kappa shape index (κ2) is 11.3. The predicted molar refractivity (Wildman–Crippen MR) is 148 cm³/mol. The first-order valence-electron chi connectivity index (χ1n) is 13.8. The number of carbonyl (C=O) groups is 2. The number of carbonyl (C=O) groups excluding carboxylic acids is 2. The Bertz CT molecular complexity index is 1770. The molecule has 2 aliphatic rings. The van der Waals surface area contributed by atoms with Crippen LogP contribution >= 0.6 is 0 Å². The molecule has 2 amide bonds. The molecule has 2 fully saturated rings. The monoisotopic (exact) mass is 648 g/mol. The SMILES string of the molecule is O=C(c1cc(-c2ccncc2)n(-c2ccc(C(F)(F)F)c(F)c2)n1)N1CCC2(CC1)C(=O)NCN2c1ccc(OC(F)(F)F)cc1. The molecular formula is C30H23F7N6O3. The number of ether oxygens (including phenoxy) is 1. The summed E-state index contributed by atoms with van der Waals surface area (Å²) < 4.78 is 96.9. The van der Waals surface area contributed by atoms with Crippen LogP contribution in [-0.2, 0) is 11.0 Å². The van der Waals surface area contributed by atoms with Crippen molar-refractivity contribution >= 4 is 17.5 Å². The molecule has 2 aromatic carbocycles. The maximum Gasteiger partial charge on any atom is 0.573 e. The summed E-state index contributed by atoms with van der Waals surface area (Å²) in [6, 6.07) is 12.1. The number of halogens is 7. The molecule has 9 nitrogen and oxygen atoms in total. The Hall–Kier alpha value is -5.15. The first-order valence-corrected chi connectivity index (χ1v) is 13.8. The van der Waals surface area contributed by atoms with Crippen molar-refractivity contribution in [1.29, 1.82) is 0 Å². The van der Waals surface area contributed by atoms with Gasteiger partial charge in [-0.1, -0.05) is 0 Å². The molecule has 6 rings (SSSR count). The van der Waals surface area contributed by atoms with E-state index in [1.54, 1.807) is 17.0 Å². The minimum absolute atomic E-state index is 0.0427. The smallest absolute Gasteiger partial charge is 0.406 e. The van der Waals surface area contributed by atoms with Gasteiger partial charge in [-0.05, 0) is 67.4 Å². The topological polar surface area (TPSA) is 92.6 Å². The van der Waals surface area contributed by atoms with Crippen molar-refractivity contribution in [1.82, 2.24) is 25.0 Å². The maximum absolute atomic E-state index is 14.5. The molecular weight excluding hydrogens is 625 g/mol. The van der Waals surface area contributed by atoms with Crippen LogP contribution in [0.4, 0.5) is 36.4 Å². The zero-order chi connectivity index (χ0) is 32.9. The van der Waals surface area contributed by atoms with Gasteiger partial charge in [0.25, 0.3) is 5.91 Å². The fraction of sp³-hybridized carbons (Fsp3) is 0.267. The average molecular weight is 649 g/mol. The first kappa shape index (κ1) is 30.9. The normalized spacial score (nSPS) is 16.5. The zero-order valence-corrected chi connectivity index (χ0v) is 23.6. The van der Waals surface area contributed by atoms with E-state index >= 15 is 0 Å². The summed E-state index contributed by atoms with van der Waals surface area (Å²) >= 11 is 0. The largest absolute Gasteiger partial charge is 0.573 e. The summed E-state index contributed by atoms with van der Waals surface area (Å²) in [5.74, 6) is -2.72. The van der Waals surface area contributed by atoms with Gasteiger partial charge in [-0.2, -0.15) is 18.3 Å². The van der Waals surface area contributed by atoms with Gasteiger partial charge < -0.3 is 19.9 Å². The van der Waals surface area contributed by atoms with E-state index in [0.29, 0.717) is 29.1 Å². The second-order valence-electron chi connectivity index (χ2n) is 10.7. The zero-order valence-electron chi connectivity index (χ0n) is 23.6. The minimum atomic E-state index is -4.90. The van der Waals surface area contributed by atoms with E-state index in [1.165, 1.54) is 40.2 Å². The lowest BCUT2D eigenvalue weighted by molar-refractivity contribution is -0.274. The molecule has 46 heavy (non-hydrogen) atoms. The number of nitrogens with zero attached hydrogens (tertiary/aromatic N) is 5. The summed E-state index contributed by atoms with van der Waals surface area (Å²) in [7, 11) is 0. The number of likely N-dealkylation sites (tertiary alicyclic amines) is 1. The molecule has 4 aromatic rings. The number of hydrogen-bond donors (Lipinski definition) is 1. The van der Waals surface area contributed by atoms with Crippen LogP contribution in [0.15, 0.2) is 73.1 Å². The third kappa shape index (κ3) is 5.81. The number of hydrogen-bond acceptors (Lipinski definition) is 6. The van der Waals surface area contributed by atoms with Crippen molar-refractivity contribution in [3.05, 3.63) is 90.1 Å². The fourth-order valence-corrected chi connectivity index (χ4v) is 5.77. The van der Waals surface area contributed by atoms with Gasteiger partial charge in [-0.25, -0.2) is 9.07 Å². The number of nitrogens with one attached hydrogen (secondary N) is 1. The van der Waals surface area contributed by atoms with Crippen LogP contribution in [0.5, 0.6) is 5.75 Å². The molecule has 0 unspecified atom stereocenters. The summed E-state index contributed by atoms with van der Waals surface area (Å²) in [4.78, 5) is 33.9. The highest BCUT2D eigenvalue weighted by molar-refractivity contribution is 5.96. The van der Waals surface area contributed by atoms with Gasteiger partial charge in [0, 0.05) is 42.8 Å². The van der Waals surface area contributed by atoms with E-state index < -0.39 is 41.1 Å². The van der Waals surface area contributed by atoms with Gasteiger partial charge in [0.2, 0.25) is 5.91 Å². The van der Waals surface area contributed by atoms with E-state index in [4.69, 9.17) is 0 Å². The van der Waals surface area contributed by atoms with Crippen molar-refractivity contribution in [3.8, 4) is 22.7 Å². The number of amides is 2. The van der Waals surface area contributed by atoms with Crippen LogP contribution in [0.1, 0.15) is 28.9 Å². The summed E-state index contributed by atoms with van der Waals surface area (Å²) in [6.07, 6.45) is -6.43. The van der Waals surface area contributed by atoms with Gasteiger partial charge in [0.1, 0.15) is 17.1 Å².